The minimum absolute atomic E-state index is 0.0129. The van der Waals surface area contributed by atoms with Crippen LogP contribution in [-0.2, 0) is 4.74 Å². The van der Waals surface area contributed by atoms with E-state index in [0.717, 1.165) is 25.9 Å². The van der Waals surface area contributed by atoms with Crippen LogP contribution in [0, 0.1) is 19.8 Å². The van der Waals surface area contributed by atoms with Crippen LogP contribution in [0.2, 0.25) is 0 Å². The van der Waals surface area contributed by atoms with E-state index in [1.807, 2.05) is 23.1 Å². The van der Waals surface area contributed by atoms with Gasteiger partial charge in [-0.3, -0.25) is 4.79 Å². The molecule has 2 aromatic rings. The topological polar surface area (TPSA) is 77.7 Å². The van der Waals surface area contributed by atoms with Crippen molar-refractivity contribution in [2.75, 3.05) is 26.3 Å². The van der Waals surface area contributed by atoms with Crippen molar-refractivity contribution in [3.8, 4) is 5.88 Å². The molecule has 2 aliphatic rings. The van der Waals surface area contributed by atoms with Crippen LogP contribution in [0.15, 0.2) is 28.9 Å². The first kappa shape index (κ1) is 18.0. The molecule has 1 atom stereocenters. The Morgan fingerprint density at radius 2 is 2.22 bits per heavy atom. The van der Waals surface area contributed by atoms with Gasteiger partial charge in [-0.15, -0.1) is 0 Å². The molecule has 4 rings (SSSR count). The second-order valence-corrected chi connectivity index (χ2v) is 7.56. The Morgan fingerprint density at radius 3 is 2.93 bits per heavy atom. The van der Waals surface area contributed by atoms with E-state index in [2.05, 4.69) is 10.1 Å². The molecule has 0 saturated carbocycles. The zero-order valence-electron chi connectivity index (χ0n) is 15.8. The number of carbonyl (C=O) groups is 1. The Morgan fingerprint density at radius 1 is 1.37 bits per heavy atom. The number of pyridine rings is 1. The highest BCUT2D eigenvalue weighted by atomic mass is 16.5. The van der Waals surface area contributed by atoms with Gasteiger partial charge in [0, 0.05) is 18.9 Å². The molecule has 2 saturated heterocycles. The molecule has 0 aromatic carbocycles. The molecule has 0 radical (unpaired) electrons. The van der Waals surface area contributed by atoms with Crippen LogP contribution in [0.3, 0.4) is 0 Å². The molecule has 2 fully saturated rings. The first-order valence-electron chi connectivity index (χ1n) is 9.46. The van der Waals surface area contributed by atoms with Crippen molar-refractivity contribution in [1.29, 1.82) is 0 Å². The number of rotatable bonds is 5. The number of nitrogens with zero attached hydrogens (tertiary/aromatic N) is 3. The Labute approximate surface area is 158 Å². The van der Waals surface area contributed by atoms with Gasteiger partial charge in [-0.1, -0.05) is 11.2 Å². The van der Waals surface area contributed by atoms with Gasteiger partial charge in [-0.05, 0) is 45.1 Å². The number of carbonyl (C=O) groups excluding carboxylic acids is 1. The molecule has 2 aliphatic heterocycles. The van der Waals surface area contributed by atoms with Gasteiger partial charge in [0.15, 0.2) is 0 Å². The molecular weight excluding hydrogens is 346 g/mol. The third-order valence-electron chi connectivity index (χ3n) is 5.50. The van der Waals surface area contributed by atoms with E-state index < -0.39 is 0 Å². The maximum absolute atomic E-state index is 12.7. The predicted molar refractivity (Wildman–Crippen MR) is 97.6 cm³/mol. The molecule has 0 N–H and O–H groups in total. The Balaban J connectivity index is 1.28. The number of likely N-dealkylation sites (tertiary alicyclic amines) is 1. The maximum atomic E-state index is 12.7. The molecule has 1 amide bonds. The number of hydrogen-bond acceptors (Lipinski definition) is 6. The molecule has 0 aliphatic carbocycles. The van der Waals surface area contributed by atoms with Crippen LogP contribution >= 0.6 is 0 Å². The van der Waals surface area contributed by atoms with Crippen molar-refractivity contribution in [3.63, 3.8) is 0 Å². The van der Waals surface area contributed by atoms with Crippen molar-refractivity contribution >= 4 is 5.91 Å². The summed E-state index contributed by atoms with van der Waals surface area (Å²) in [6.45, 7) is 6.23. The smallest absolute Gasteiger partial charge is 0.259 e. The highest BCUT2D eigenvalue weighted by Gasteiger charge is 2.49. The third kappa shape index (κ3) is 3.69. The van der Waals surface area contributed by atoms with E-state index >= 15 is 0 Å². The van der Waals surface area contributed by atoms with E-state index in [9.17, 15) is 4.79 Å². The van der Waals surface area contributed by atoms with E-state index in [4.69, 9.17) is 14.0 Å². The molecule has 1 unspecified atom stereocenters. The summed E-state index contributed by atoms with van der Waals surface area (Å²) in [5.74, 6) is 1.77. The summed E-state index contributed by atoms with van der Waals surface area (Å²) in [5.41, 5.74) is 1.02. The third-order valence-corrected chi connectivity index (χ3v) is 5.50. The minimum Gasteiger partial charge on any atom is -0.478 e. The first-order chi connectivity index (χ1) is 13.1. The van der Waals surface area contributed by atoms with Gasteiger partial charge in [-0.25, -0.2) is 4.98 Å². The zero-order valence-corrected chi connectivity index (χ0v) is 15.8. The van der Waals surface area contributed by atoms with Gasteiger partial charge in [-0.2, -0.15) is 0 Å². The molecule has 27 heavy (non-hydrogen) atoms. The normalized spacial score (nSPS) is 21.1. The lowest BCUT2D eigenvalue weighted by Crippen LogP contribution is -2.66. The van der Waals surface area contributed by atoms with Crippen molar-refractivity contribution in [2.45, 2.75) is 38.7 Å². The quantitative estimate of drug-likeness (QED) is 0.804. The molecule has 7 nitrogen and oxygen atoms in total. The number of amides is 1. The molecule has 4 heterocycles. The molecule has 7 heteroatoms. The average molecular weight is 371 g/mol. The summed E-state index contributed by atoms with van der Waals surface area (Å²) >= 11 is 0. The van der Waals surface area contributed by atoms with Crippen molar-refractivity contribution in [2.24, 2.45) is 5.92 Å². The standard InChI is InChI=1S/C20H25N3O4/c1-14-18(15(2)27-22-14)19(24)23-12-20(13-23)11-16(7-10-26-20)6-9-25-17-5-3-4-8-21-17/h3-5,8,16H,6-7,9-13H2,1-2H3. The average Bonchev–Trinajstić information content (AvgIpc) is 2.99. The predicted octanol–water partition coefficient (Wildman–Crippen LogP) is 2.78. The van der Waals surface area contributed by atoms with Gasteiger partial charge in [0.2, 0.25) is 5.88 Å². The fourth-order valence-corrected chi connectivity index (χ4v) is 4.10. The van der Waals surface area contributed by atoms with Crippen molar-refractivity contribution in [3.05, 3.63) is 41.4 Å². The monoisotopic (exact) mass is 371 g/mol. The number of hydrogen-bond donors (Lipinski definition) is 0. The van der Waals surface area contributed by atoms with Crippen LogP contribution in [0.5, 0.6) is 5.88 Å². The Bertz CT molecular complexity index is 779. The summed E-state index contributed by atoms with van der Waals surface area (Å²) in [6, 6.07) is 5.67. The fourth-order valence-electron chi connectivity index (χ4n) is 4.10. The zero-order chi connectivity index (χ0) is 18.9. The second kappa shape index (κ2) is 7.31. The van der Waals surface area contributed by atoms with Gasteiger partial charge in [0.1, 0.15) is 16.9 Å². The lowest BCUT2D eigenvalue weighted by molar-refractivity contribution is -0.166. The highest BCUT2D eigenvalue weighted by Crippen LogP contribution is 2.39. The first-order valence-corrected chi connectivity index (χ1v) is 9.46. The summed E-state index contributed by atoms with van der Waals surface area (Å²) < 4.78 is 16.9. The highest BCUT2D eigenvalue weighted by molar-refractivity contribution is 5.96. The van der Waals surface area contributed by atoms with E-state index in [1.165, 1.54) is 0 Å². The fraction of sp³-hybridized carbons (Fsp3) is 0.550. The van der Waals surface area contributed by atoms with E-state index in [1.54, 1.807) is 20.0 Å². The summed E-state index contributed by atoms with van der Waals surface area (Å²) in [5, 5.41) is 3.88. The maximum Gasteiger partial charge on any atom is 0.259 e. The van der Waals surface area contributed by atoms with Crippen LogP contribution < -0.4 is 4.74 Å². The number of aromatic nitrogens is 2. The van der Waals surface area contributed by atoms with E-state index in [0.29, 0.717) is 48.5 Å². The summed E-state index contributed by atoms with van der Waals surface area (Å²) in [4.78, 5) is 18.7. The number of ether oxygens (including phenoxy) is 2. The molecular formula is C20H25N3O4. The van der Waals surface area contributed by atoms with E-state index in [-0.39, 0.29) is 11.5 Å². The number of aryl methyl sites for hydroxylation is 2. The van der Waals surface area contributed by atoms with Gasteiger partial charge < -0.3 is 18.9 Å². The van der Waals surface area contributed by atoms with Crippen molar-refractivity contribution < 1.29 is 18.8 Å². The van der Waals surface area contributed by atoms with Gasteiger partial charge in [0.05, 0.1) is 25.4 Å². The van der Waals surface area contributed by atoms with Crippen LogP contribution in [0.25, 0.3) is 0 Å². The Kier molecular flexibility index (Phi) is 4.86. The Hall–Kier alpha value is -2.41. The summed E-state index contributed by atoms with van der Waals surface area (Å²) in [6.07, 6.45) is 4.70. The molecule has 144 valence electrons. The molecule has 1 spiro atoms. The minimum atomic E-state index is -0.206. The van der Waals surface area contributed by atoms with Crippen molar-refractivity contribution in [1.82, 2.24) is 15.0 Å². The van der Waals surface area contributed by atoms with Gasteiger partial charge in [0.25, 0.3) is 5.91 Å². The lowest BCUT2D eigenvalue weighted by atomic mass is 9.79. The summed E-state index contributed by atoms with van der Waals surface area (Å²) in [7, 11) is 0. The van der Waals surface area contributed by atoms with Crippen LogP contribution in [0.4, 0.5) is 0 Å². The SMILES string of the molecule is Cc1noc(C)c1C(=O)N1CC2(CC(CCOc3ccccn3)CCO2)C1. The van der Waals surface area contributed by atoms with Crippen LogP contribution in [0.1, 0.15) is 41.1 Å². The largest absolute Gasteiger partial charge is 0.478 e. The molecule has 0 bridgehead atoms. The van der Waals surface area contributed by atoms with Crippen LogP contribution in [-0.4, -0.2) is 52.9 Å². The molecule has 2 aromatic heterocycles. The second-order valence-electron chi connectivity index (χ2n) is 7.56. The lowest BCUT2D eigenvalue weighted by Gasteiger charge is -2.53. The van der Waals surface area contributed by atoms with Gasteiger partial charge >= 0.3 is 0 Å².